The zero-order valence-electron chi connectivity index (χ0n) is 9.64. The molecule has 0 saturated heterocycles. The first-order chi connectivity index (χ1) is 8.19. The first-order valence-corrected chi connectivity index (χ1v) is 6.05. The summed E-state index contributed by atoms with van der Waals surface area (Å²) in [4.78, 5) is 12.4. The number of nitrogens with zero attached hydrogens (tertiary/aromatic N) is 3. The lowest BCUT2D eigenvalue weighted by Crippen LogP contribution is -2.10. The molecule has 0 aromatic carbocycles. The van der Waals surface area contributed by atoms with Gasteiger partial charge in [-0.3, -0.25) is 0 Å². The fraction of sp³-hybridized carbons (Fsp3) is 0.300. The molecule has 2 heterocycles. The largest absolute Gasteiger partial charge is 0.373 e. The average molecular weight is 250 g/mol. The van der Waals surface area contributed by atoms with Gasteiger partial charge in [0.25, 0.3) is 0 Å². The molecular formula is C10H14N6S. The lowest BCUT2D eigenvalue weighted by atomic mass is 10.3. The zero-order valence-corrected chi connectivity index (χ0v) is 10.5. The summed E-state index contributed by atoms with van der Waals surface area (Å²) in [6, 6.07) is 1.90. The van der Waals surface area contributed by atoms with Crippen LogP contribution in [-0.4, -0.2) is 22.0 Å². The summed E-state index contributed by atoms with van der Waals surface area (Å²) in [5, 5.41) is 9.12. The van der Waals surface area contributed by atoms with Gasteiger partial charge in [-0.1, -0.05) is 0 Å². The molecule has 2 aromatic heterocycles. The summed E-state index contributed by atoms with van der Waals surface area (Å²) >= 11 is 1.60. The number of hydrogen-bond acceptors (Lipinski definition) is 7. The van der Waals surface area contributed by atoms with Gasteiger partial charge in [-0.25, -0.2) is 4.98 Å². The minimum Gasteiger partial charge on any atom is -0.373 e. The van der Waals surface area contributed by atoms with Crippen LogP contribution in [0.4, 0.5) is 17.6 Å². The minimum absolute atomic E-state index is 0.0917. The number of anilines is 3. The maximum Gasteiger partial charge on any atom is 0.223 e. The summed E-state index contributed by atoms with van der Waals surface area (Å²) in [6.07, 6.45) is 1.78. The number of nitrogen functional groups attached to an aromatic ring is 1. The van der Waals surface area contributed by atoms with E-state index in [1.807, 2.05) is 12.3 Å². The molecule has 1 unspecified atom stereocenters. The van der Waals surface area contributed by atoms with Gasteiger partial charge in [0.2, 0.25) is 5.95 Å². The molecule has 0 aliphatic carbocycles. The van der Waals surface area contributed by atoms with Crippen molar-refractivity contribution in [3.05, 3.63) is 22.7 Å². The van der Waals surface area contributed by atoms with E-state index in [2.05, 4.69) is 25.6 Å². The van der Waals surface area contributed by atoms with E-state index in [1.165, 1.54) is 0 Å². The molecule has 2 aromatic rings. The third-order valence-corrected chi connectivity index (χ3v) is 3.14. The van der Waals surface area contributed by atoms with Gasteiger partial charge in [0.05, 0.1) is 6.04 Å². The first-order valence-electron chi connectivity index (χ1n) is 5.17. The molecular weight excluding hydrogens is 236 g/mol. The molecule has 2 rings (SSSR count). The molecule has 7 heteroatoms. The van der Waals surface area contributed by atoms with E-state index in [0.29, 0.717) is 11.6 Å². The summed E-state index contributed by atoms with van der Waals surface area (Å²) in [6.45, 7) is 2.02. The summed E-state index contributed by atoms with van der Waals surface area (Å²) in [5.74, 6) is 1.61. The maximum atomic E-state index is 5.61. The molecule has 0 amide bonds. The van der Waals surface area contributed by atoms with Crippen LogP contribution in [0.1, 0.15) is 18.0 Å². The zero-order chi connectivity index (χ0) is 12.3. The van der Waals surface area contributed by atoms with Gasteiger partial charge in [-0.15, -0.1) is 11.3 Å². The van der Waals surface area contributed by atoms with Crippen molar-refractivity contribution in [2.45, 2.75) is 13.0 Å². The van der Waals surface area contributed by atoms with Crippen LogP contribution in [0.3, 0.4) is 0 Å². The Bertz CT molecular complexity index is 484. The lowest BCUT2D eigenvalue weighted by Gasteiger charge is -2.12. The molecule has 6 nitrogen and oxygen atoms in total. The van der Waals surface area contributed by atoms with Gasteiger partial charge in [0.1, 0.15) is 16.6 Å². The normalized spacial score (nSPS) is 12.1. The fourth-order valence-electron chi connectivity index (χ4n) is 1.40. The van der Waals surface area contributed by atoms with Crippen LogP contribution in [0.5, 0.6) is 0 Å². The highest BCUT2D eigenvalue weighted by atomic mass is 32.1. The van der Waals surface area contributed by atoms with Gasteiger partial charge in [-0.2, -0.15) is 9.97 Å². The highest BCUT2D eigenvalue weighted by molar-refractivity contribution is 7.09. The van der Waals surface area contributed by atoms with Crippen LogP contribution >= 0.6 is 11.3 Å². The quantitative estimate of drug-likeness (QED) is 0.765. The highest BCUT2D eigenvalue weighted by Crippen LogP contribution is 2.21. The molecule has 1 atom stereocenters. The number of hydrogen-bond donors (Lipinski definition) is 3. The monoisotopic (exact) mass is 250 g/mol. The molecule has 0 saturated carbocycles. The second kappa shape index (κ2) is 4.96. The Morgan fingerprint density at radius 3 is 2.76 bits per heavy atom. The first kappa shape index (κ1) is 11.6. The van der Waals surface area contributed by atoms with Crippen LogP contribution in [0.15, 0.2) is 17.6 Å². The molecule has 0 fully saturated rings. The lowest BCUT2D eigenvalue weighted by molar-refractivity contribution is 0.859. The van der Waals surface area contributed by atoms with Crippen LogP contribution in [0.2, 0.25) is 0 Å². The summed E-state index contributed by atoms with van der Waals surface area (Å²) in [7, 11) is 1.79. The minimum atomic E-state index is 0.0917. The number of thiazole rings is 1. The predicted octanol–water partition coefficient (Wildman–Crippen LogP) is 1.73. The van der Waals surface area contributed by atoms with Gasteiger partial charge in [0, 0.05) is 24.7 Å². The van der Waals surface area contributed by atoms with E-state index >= 15 is 0 Å². The molecule has 0 aliphatic rings. The van der Waals surface area contributed by atoms with Crippen molar-refractivity contribution < 1.29 is 0 Å². The predicted molar refractivity (Wildman–Crippen MR) is 70.1 cm³/mol. The van der Waals surface area contributed by atoms with E-state index in [1.54, 1.807) is 30.6 Å². The van der Waals surface area contributed by atoms with Crippen molar-refractivity contribution in [3.8, 4) is 0 Å². The van der Waals surface area contributed by atoms with E-state index < -0.39 is 0 Å². The molecule has 0 radical (unpaired) electrons. The second-order valence-corrected chi connectivity index (χ2v) is 4.41. The van der Waals surface area contributed by atoms with E-state index in [9.17, 15) is 0 Å². The smallest absolute Gasteiger partial charge is 0.223 e. The standard InChI is InChI=1S/C10H14N6S/c1-6(9-13-3-4-17-9)14-8-5-7(12-2)15-10(11)16-8/h3-6H,1-2H3,(H4,11,12,14,15,16). The number of nitrogens with one attached hydrogen (secondary N) is 2. The number of nitrogens with two attached hydrogens (primary N) is 1. The molecule has 0 bridgehead atoms. The Labute approximate surface area is 103 Å². The van der Waals surface area contributed by atoms with Crippen LogP contribution < -0.4 is 16.4 Å². The fourth-order valence-corrected chi connectivity index (χ4v) is 2.05. The second-order valence-electron chi connectivity index (χ2n) is 3.48. The average Bonchev–Trinajstić information content (AvgIpc) is 2.81. The Kier molecular flexibility index (Phi) is 3.38. The van der Waals surface area contributed by atoms with Crippen molar-refractivity contribution in [1.82, 2.24) is 15.0 Å². The van der Waals surface area contributed by atoms with Crippen LogP contribution in [0, 0.1) is 0 Å². The Morgan fingerprint density at radius 2 is 2.12 bits per heavy atom. The van der Waals surface area contributed by atoms with E-state index in [4.69, 9.17) is 5.73 Å². The van der Waals surface area contributed by atoms with Crippen molar-refractivity contribution in [1.29, 1.82) is 0 Å². The SMILES string of the molecule is CNc1cc(NC(C)c2nccs2)nc(N)n1. The van der Waals surface area contributed by atoms with Gasteiger partial charge >= 0.3 is 0 Å². The van der Waals surface area contributed by atoms with Crippen molar-refractivity contribution in [2.24, 2.45) is 0 Å². The van der Waals surface area contributed by atoms with Crippen molar-refractivity contribution >= 4 is 28.9 Å². The van der Waals surface area contributed by atoms with Gasteiger partial charge in [0.15, 0.2) is 0 Å². The van der Waals surface area contributed by atoms with Crippen molar-refractivity contribution in [3.63, 3.8) is 0 Å². The Balaban J connectivity index is 2.15. The topological polar surface area (TPSA) is 88.8 Å². The summed E-state index contributed by atoms with van der Waals surface area (Å²) in [5.41, 5.74) is 5.61. The molecule has 17 heavy (non-hydrogen) atoms. The van der Waals surface area contributed by atoms with Gasteiger partial charge in [-0.05, 0) is 6.92 Å². The molecule has 90 valence electrons. The maximum absolute atomic E-state index is 5.61. The van der Waals surface area contributed by atoms with E-state index in [0.717, 1.165) is 5.01 Å². The Morgan fingerprint density at radius 1 is 1.35 bits per heavy atom. The third-order valence-electron chi connectivity index (χ3n) is 2.19. The molecule has 0 spiro atoms. The Hall–Kier alpha value is -1.89. The van der Waals surface area contributed by atoms with Crippen molar-refractivity contribution in [2.75, 3.05) is 23.4 Å². The molecule has 0 aliphatic heterocycles. The summed E-state index contributed by atoms with van der Waals surface area (Å²) < 4.78 is 0. The van der Waals surface area contributed by atoms with Gasteiger partial charge < -0.3 is 16.4 Å². The van der Waals surface area contributed by atoms with Crippen LogP contribution in [0.25, 0.3) is 0 Å². The third kappa shape index (κ3) is 2.82. The van der Waals surface area contributed by atoms with E-state index in [-0.39, 0.29) is 12.0 Å². The number of rotatable bonds is 4. The molecule has 4 N–H and O–H groups in total. The van der Waals surface area contributed by atoms with Crippen LogP contribution in [-0.2, 0) is 0 Å². The highest BCUT2D eigenvalue weighted by Gasteiger charge is 2.09. The number of aromatic nitrogens is 3.